The molecule has 2 N–H and O–H groups in total. The minimum atomic E-state index is -0.168. The van der Waals surface area contributed by atoms with Gasteiger partial charge >= 0.3 is 6.03 Å². The number of pyridine rings is 1. The molecule has 2 amide bonds. The number of urea groups is 1. The van der Waals surface area contributed by atoms with E-state index in [4.69, 9.17) is 4.74 Å². The van der Waals surface area contributed by atoms with Gasteiger partial charge in [-0.05, 0) is 30.7 Å². The maximum absolute atomic E-state index is 11.9. The molecule has 0 unspecified atom stereocenters. The Labute approximate surface area is 145 Å². The van der Waals surface area contributed by atoms with E-state index < -0.39 is 0 Å². The van der Waals surface area contributed by atoms with Gasteiger partial charge in [0.15, 0.2) is 0 Å². The Balaban J connectivity index is 1.43. The molecule has 0 saturated carbocycles. The molecule has 3 rings (SSSR count). The van der Waals surface area contributed by atoms with Crippen LogP contribution in [0.3, 0.4) is 0 Å². The highest BCUT2D eigenvalue weighted by molar-refractivity contribution is 7.11. The van der Waals surface area contributed by atoms with Gasteiger partial charge < -0.3 is 20.3 Å². The average molecular weight is 346 g/mol. The quantitative estimate of drug-likeness (QED) is 0.872. The summed E-state index contributed by atoms with van der Waals surface area (Å²) in [6.07, 6.45) is 1.81. The van der Waals surface area contributed by atoms with Gasteiger partial charge in [0.25, 0.3) is 0 Å². The van der Waals surface area contributed by atoms with Gasteiger partial charge in [0.2, 0.25) is 0 Å². The molecule has 0 bridgehead atoms. The standard InChI is InChI=1S/C17H22N4O2S/c1-13-2-4-15(24-13)12-20-17(22)19-11-14-3-5-16(18-10-14)21-6-8-23-9-7-21/h2-5,10H,6-9,11-12H2,1H3,(H2,19,20,22). The second kappa shape index (κ2) is 8.12. The van der Waals surface area contributed by atoms with Crippen LogP contribution in [-0.2, 0) is 17.8 Å². The molecule has 1 fully saturated rings. The van der Waals surface area contributed by atoms with Gasteiger partial charge in [-0.2, -0.15) is 0 Å². The van der Waals surface area contributed by atoms with Crippen LogP contribution in [0.1, 0.15) is 15.3 Å². The monoisotopic (exact) mass is 346 g/mol. The van der Waals surface area contributed by atoms with Crippen molar-refractivity contribution in [2.45, 2.75) is 20.0 Å². The van der Waals surface area contributed by atoms with Crippen molar-refractivity contribution in [2.24, 2.45) is 0 Å². The lowest BCUT2D eigenvalue weighted by atomic mass is 10.2. The SMILES string of the molecule is Cc1ccc(CNC(=O)NCc2ccc(N3CCOCC3)nc2)s1. The first kappa shape index (κ1) is 16.7. The van der Waals surface area contributed by atoms with Crippen LogP contribution in [0, 0.1) is 6.92 Å². The third-order valence-corrected chi connectivity index (χ3v) is 4.82. The van der Waals surface area contributed by atoms with E-state index in [-0.39, 0.29) is 6.03 Å². The maximum atomic E-state index is 11.9. The summed E-state index contributed by atoms with van der Waals surface area (Å²) in [5.74, 6) is 0.958. The van der Waals surface area contributed by atoms with Crippen molar-refractivity contribution in [2.75, 3.05) is 31.2 Å². The molecule has 1 saturated heterocycles. The van der Waals surface area contributed by atoms with E-state index in [2.05, 4.69) is 33.5 Å². The number of aryl methyl sites for hydroxylation is 1. The number of carbonyl (C=O) groups is 1. The third kappa shape index (κ3) is 4.69. The third-order valence-electron chi connectivity index (χ3n) is 3.82. The Bertz CT molecular complexity index is 665. The summed E-state index contributed by atoms with van der Waals surface area (Å²) in [5.41, 5.74) is 0.981. The summed E-state index contributed by atoms with van der Waals surface area (Å²) in [5, 5.41) is 5.72. The smallest absolute Gasteiger partial charge is 0.315 e. The fraction of sp³-hybridized carbons (Fsp3) is 0.412. The minimum Gasteiger partial charge on any atom is -0.378 e. The molecular formula is C17H22N4O2S. The second-order valence-electron chi connectivity index (χ2n) is 5.67. The largest absolute Gasteiger partial charge is 0.378 e. The summed E-state index contributed by atoms with van der Waals surface area (Å²) in [4.78, 5) is 20.9. The number of carbonyl (C=O) groups excluding carboxylic acids is 1. The number of hydrogen-bond donors (Lipinski definition) is 2. The zero-order valence-corrected chi connectivity index (χ0v) is 14.6. The Hall–Kier alpha value is -2.12. The topological polar surface area (TPSA) is 66.5 Å². The van der Waals surface area contributed by atoms with E-state index in [1.807, 2.05) is 24.4 Å². The van der Waals surface area contributed by atoms with Gasteiger partial charge in [-0.15, -0.1) is 11.3 Å². The van der Waals surface area contributed by atoms with Gasteiger partial charge in [-0.3, -0.25) is 0 Å². The zero-order valence-electron chi connectivity index (χ0n) is 13.7. The van der Waals surface area contributed by atoms with Gasteiger partial charge in [0, 0.05) is 35.6 Å². The lowest BCUT2D eigenvalue weighted by Crippen LogP contribution is -2.36. The van der Waals surface area contributed by atoms with Crippen molar-refractivity contribution in [3.05, 3.63) is 45.8 Å². The Morgan fingerprint density at radius 1 is 1.21 bits per heavy atom. The average Bonchev–Trinajstić information content (AvgIpc) is 3.05. The van der Waals surface area contributed by atoms with Crippen LogP contribution in [0.25, 0.3) is 0 Å². The predicted octanol–water partition coefficient (Wildman–Crippen LogP) is 2.29. The molecule has 0 radical (unpaired) electrons. The number of anilines is 1. The van der Waals surface area contributed by atoms with Crippen LogP contribution in [-0.4, -0.2) is 37.3 Å². The molecule has 24 heavy (non-hydrogen) atoms. The first-order valence-corrected chi connectivity index (χ1v) is 8.87. The van der Waals surface area contributed by atoms with E-state index in [9.17, 15) is 4.79 Å². The van der Waals surface area contributed by atoms with Crippen molar-refractivity contribution in [3.63, 3.8) is 0 Å². The number of morpholine rings is 1. The molecule has 1 aliphatic heterocycles. The van der Waals surface area contributed by atoms with Crippen molar-refractivity contribution < 1.29 is 9.53 Å². The number of aromatic nitrogens is 1. The summed E-state index contributed by atoms with van der Waals surface area (Å²) >= 11 is 1.69. The highest BCUT2D eigenvalue weighted by atomic mass is 32.1. The van der Waals surface area contributed by atoms with Crippen LogP contribution >= 0.6 is 11.3 Å². The summed E-state index contributed by atoms with van der Waals surface area (Å²) in [6.45, 7) is 6.31. The highest BCUT2D eigenvalue weighted by Crippen LogP contribution is 2.14. The van der Waals surface area contributed by atoms with Gasteiger partial charge in [-0.25, -0.2) is 9.78 Å². The number of nitrogens with zero attached hydrogens (tertiary/aromatic N) is 2. The first-order chi connectivity index (χ1) is 11.7. The lowest BCUT2D eigenvalue weighted by molar-refractivity contribution is 0.122. The number of ether oxygens (including phenoxy) is 1. The summed E-state index contributed by atoms with van der Waals surface area (Å²) in [7, 11) is 0. The molecule has 6 nitrogen and oxygen atoms in total. The fourth-order valence-electron chi connectivity index (χ4n) is 2.49. The minimum absolute atomic E-state index is 0.168. The van der Waals surface area contributed by atoms with Crippen LogP contribution in [0.2, 0.25) is 0 Å². The molecule has 3 heterocycles. The van der Waals surface area contributed by atoms with E-state index in [0.29, 0.717) is 13.1 Å². The second-order valence-corrected chi connectivity index (χ2v) is 7.05. The molecule has 0 aromatic carbocycles. The molecule has 2 aromatic rings. The molecule has 0 atom stereocenters. The Morgan fingerprint density at radius 3 is 2.67 bits per heavy atom. The predicted molar refractivity (Wildman–Crippen MR) is 95.4 cm³/mol. The van der Waals surface area contributed by atoms with Crippen molar-refractivity contribution >= 4 is 23.2 Å². The van der Waals surface area contributed by atoms with Crippen LogP contribution in [0.5, 0.6) is 0 Å². The van der Waals surface area contributed by atoms with E-state index >= 15 is 0 Å². The molecule has 128 valence electrons. The van der Waals surface area contributed by atoms with Gasteiger partial charge in [-0.1, -0.05) is 6.07 Å². The van der Waals surface area contributed by atoms with Crippen LogP contribution < -0.4 is 15.5 Å². The van der Waals surface area contributed by atoms with Crippen molar-refractivity contribution in [1.29, 1.82) is 0 Å². The van der Waals surface area contributed by atoms with Gasteiger partial charge in [0.1, 0.15) is 5.82 Å². The highest BCUT2D eigenvalue weighted by Gasteiger charge is 2.12. The van der Waals surface area contributed by atoms with Crippen LogP contribution in [0.4, 0.5) is 10.6 Å². The molecule has 0 spiro atoms. The Kier molecular flexibility index (Phi) is 5.66. The molecule has 0 aliphatic carbocycles. The van der Waals surface area contributed by atoms with Crippen LogP contribution in [0.15, 0.2) is 30.5 Å². The number of hydrogen-bond acceptors (Lipinski definition) is 5. The normalized spacial score (nSPS) is 14.5. The lowest BCUT2D eigenvalue weighted by Gasteiger charge is -2.27. The fourth-order valence-corrected chi connectivity index (χ4v) is 3.32. The first-order valence-electron chi connectivity index (χ1n) is 8.05. The number of nitrogens with one attached hydrogen (secondary N) is 2. The number of thiophene rings is 1. The van der Waals surface area contributed by atoms with E-state index in [0.717, 1.165) is 42.6 Å². The van der Waals surface area contributed by atoms with Crippen molar-refractivity contribution in [1.82, 2.24) is 15.6 Å². The summed E-state index contributed by atoms with van der Waals surface area (Å²) < 4.78 is 5.34. The van der Waals surface area contributed by atoms with Crippen molar-refractivity contribution in [3.8, 4) is 0 Å². The zero-order chi connectivity index (χ0) is 16.8. The maximum Gasteiger partial charge on any atom is 0.315 e. The van der Waals surface area contributed by atoms with E-state index in [1.54, 1.807) is 11.3 Å². The Morgan fingerprint density at radius 2 is 2.00 bits per heavy atom. The number of amides is 2. The van der Waals surface area contributed by atoms with E-state index in [1.165, 1.54) is 4.88 Å². The summed E-state index contributed by atoms with van der Waals surface area (Å²) in [6, 6.07) is 7.92. The molecular weight excluding hydrogens is 324 g/mol. The molecule has 7 heteroatoms. The molecule has 1 aliphatic rings. The molecule has 2 aromatic heterocycles. The van der Waals surface area contributed by atoms with Gasteiger partial charge in [0.05, 0.1) is 19.8 Å². The number of rotatable bonds is 5.